The van der Waals surface area contributed by atoms with Crippen LogP contribution in [0.15, 0.2) is 102 Å². The van der Waals surface area contributed by atoms with Gasteiger partial charge in [0, 0.05) is 5.41 Å². The van der Waals surface area contributed by atoms with E-state index in [9.17, 15) is 4.39 Å². The molecule has 4 aromatic heterocycles. The lowest BCUT2D eigenvalue weighted by Crippen LogP contribution is -2.23. The smallest absolute Gasteiger partial charge is 0.224 e. The van der Waals surface area contributed by atoms with Gasteiger partial charge < -0.3 is 0 Å². The third kappa shape index (κ3) is 6.02. The van der Waals surface area contributed by atoms with Crippen LogP contribution in [0.5, 0.6) is 0 Å². The average molecular weight is 666 g/mol. The van der Waals surface area contributed by atoms with Crippen LogP contribution < -0.4 is 0 Å². The van der Waals surface area contributed by atoms with Gasteiger partial charge in [-0.3, -0.25) is 9.97 Å². The fraction of sp³-hybridized carbons (Fsp3) is 0.135. The first kappa shape index (κ1) is 30.3. The molecule has 0 unspecified atom stereocenters. The zero-order valence-electron chi connectivity index (χ0n) is 25.0. The van der Waals surface area contributed by atoms with Gasteiger partial charge >= 0.3 is 0 Å². The Hall–Kier alpha value is -4.69. The van der Waals surface area contributed by atoms with Crippen molar-refractivity contribution in [1.29, 1.82) is 0 Å². The first-order valence-electron chi connectivity index (χ1n) is 14.3. The maximum atomic E-state index is 15.2. The van der Waals surface area contributed by atoms with Crippen LogP contribution in [-0.4, -0.2) is 19.9 Å². The Morgan fingerprint density at radius 1 is 0.533 bits per heavy atom. The molecule has 0 saturated heterocycles. The third-order valence-corrected chi connectivity index (χ3v) is 8.47. The van der Waals surface area contributed by atoms with E-state index in [2.05, 4.69) is 25.9 Å². The van der Waals surface area contributed by atoms with Crippen LogP contribution in [0, 0.1) is 31.7 Å². The molecule has 2 aromatic carbocycles. The summed E-state index contributed by atoms with van der Waals surface area (Å²) in [5.74, 6) is -2.51. The third-order valence-electron chi connectivity index (χ3n) is 8.02. The minimum atomic E-state index is -0.951. The van der Waals surface area contributed by atoms with Crippen molar-refractivity contribution >= 4 is 15.9 Å². The van der Waals surface area contributed by atoms with Crippen molar-refractivity contribution in [2.24, 2.45) is 0 Å². The van der Waals surface area contributed by atoms with Gasteiger partial charge in [0.05, 0.1) is 33.9 Å². The zero-order chi connectivity index (χ0) is 31.9. The van der Waals surface area contributed by atoms with Crippen LogP contribution in [0.3, 0.4) is 0 Å². The Morgan fingerprint density at radius 3 is 1.47 bits per heavy atom. The molecule has 0 aliphatic heterocycles. The standard InChI is InChI=1S/C37H28BrF3N4/c1-21-9-5-7-11-25(21)23-17-29(27-13-15-33(38)44-35(27)40)42-31(19-23)37(3,4)32-20-24(26-12-8-6-10-22(26)2)18-30(43-32)28-14-16-34(39)45-36(28)41/h5-20H,1-4H3. The van der Waals surface area contributed by atoms with Crippen LogP contribution in [0.4, 0.5) is 13.2 Å². The molecule has 0 N–H and O–H groups in total. The van der Waals surface area contributed by atoms with Gasteiger partial charge in [-0.05, 0) is 126 Å². The molecule has 4 nitrogen and oxygen atoms in total. The molecule has 4 heterocycles. The highest BCUT2D eigenvalue weighted by atomic mass is 79.9. The lowest BCUT2D eigenvalue weighted by atomic mass is 9.81. The second-order valence-corrected chi connectivity index (χ2v) is 12.3. The summed E-state index contributed by atoms with van der Waals surface area (Å²) < 4.78 is 44.4. The highest BCUT2D eigenvalue weighted by Gasteiger charge is 2.30. The lowest BCUT2D eigenvalue weighted by molar-refractivity contribution is 0.514. The van der Waals surface area contributed by atoms with E-state index in [1.54, 1.807) is 18.2 Å². The number of halogens is 4. The van der Waals surface area contributed by atoms with Crippen molar-refractivity contribution in [3.63, 3.8) is 0 Å². The quantitative estimate of drug-likeness (QED) is 0.166. The molecule has 0 spiro atoms. The Labute approximate surface area is 268 Å². The molecule has 0 aliphatic rings. The fourth-order valence-electron chi connectivity index (χ4n) is 5.42. The second kappa shape index (κ2) is 12.0. The number of pyridine rings is 4. The first-order valence-corrected chi connectivity index (χ1v) is 15.1. The van der Waals surface area contributed by atoms with Gasteiger partial charge in [-0.1, -0.05) is 48.5 Å². The van der Waals surface area contributed by atoms with Crippen molar-refractivity contribution in [2.45, 2.75) is 33.1 Å². The van der Waals surface area contributed by atoms with Gasteiger partial charge in [0.15, 0.2) is 0 Å². The Morgan fingerprint density at radius 2 is 1.00 bits per heavy atom. The summed E-state index contributed by atoms with van der Waals surface area (Å²) >= 11 is 3.24. The predicted molar refractivity (Wildman–Crippen MR) is 175 cm³/mol. The number of nitrogens with zero attached hydrogens (tertiary/aromatic N) is 4. The normalized spacial score (nSPS) is 11.6. The van der Waals surface area contributed by atoms with E-state index in [0.717, 1.165) is 39.4 Å². The molecule has 0 bridgehead atoms. The topological polar surface area (TPSA) is 51.6 Å². The summed E-state index contributed by atoms with van der Waals surface area (Å²) in [5, 5.41) is 0. The summed E-state index contributed by atoms with van der Waals surface area (Å²) in [6.07, 6.45) is 0. The van der Waals surface area contributed by atoms with Crippen LogP contribution in [-0.2, 0) is 5.41 Å². The molecule has 45 heavy (non-hydrogen) atoms. The highest BCUT2D eigenvalue weighted by Crippen LogP contribution is 2.39. The van der Waals surface area contributed by atoms with E-state index in [0.29, 0.717) is 27.4 Å². The van der Waals surface area contributed by atoms with Gasteiger partial charge in [-0.2, -0.15) is 18.2 Å². The molecule has 0 radical (unpaired) electrons. The largest absolute Gasteiger partial charge is 0.252 e. The zero-order valence-corrected chi connectivity index (χ0v) is 26.6. The summed E-state index contributed by atoms with van der Waals surface area (Å²) in [5.41, 5.74) is 7.08. The summed E-state index contributed by atoms with van der Waals surface area (Å²) in [7, 11) is 0. The van der Waals surface area contributed by atoms with Crippen LogP contribution in [0.1, 0.15) is 36.4 Å². The van der Waals surface area contributed by atoms with Gasteiger partial charge in [0.2, 0.25) is 17.8 Å². The van der Waals surface area contributed by atoms with Crippen LogP contribution >= 0.6 is 15.9 Å². The van der Waals surface area contributed by atoms with Crippen molar-refractivity contribution < 1.29 is 13.2 Å². The molecular weight excluding hydrogens is 637 g/mol. The number of aromatic nitrogens is 4. The van der Waals surface area contributed by atoms with Gasteiger partial charge in [-0.25, -0.2) is 4.98 Å². The van der Waals surface area contributed by atoms with Crippen molar-refractivity contribution in [1.82, 2.24) is 19.9 Å². The summed E-state index contributed by atoms with van der Waals surface area (Å²) in [4.78, 5) is 17.3. The van der Waals surface area contributed by atoms with Crippen LogP contribution in [0.2, 0.25) is 0 Å². The number of hydrogen-bond donors (Lipinski definition) is 0. The van der Waals surface area contributed by atoms with Crippen LogP contribution in [0.25, 0.3) is 44.8 Å². The summed E-state index contributed by atoms with van der Waals surface area (Å²) in [6.45, 7) is 7.97. The highest BCUT2D eigenvalue weighted by molar-refractivity contribution is 9.10. The molecule has 0 atom stereocenters. The van der Waals surface area contributed by atoms with Gasteiger partial charge in [-0.15, -0.1) is 0 Å². The fourth-order valence-corrected chi connectivity index (χ4v) is 5.71. The van der Waals surface area contributed by atoms with E-state index >= 15 is 8.78 Å². The molecule has 0 aliphatic carbocycles. The minimum Gasteiger partial charge on any atom is -0.252 e. The van der Waals surface area contributed by atoms with Gasteiger partial charge in [0.25, 0.3) is 0 Å². The molecule has 0 saturated carbocycles. The molecule has 0 fully saturated rings. The average Bonchev–Trinajstić information content (AvgIpc) is 3.01. The van der Waals surface area contributed by atoms with Gasteiger partial charge in [0.1, 0.15) is 4.60 Å². The number of hydrogen-bond acceptors (Lipinski definition) is 4. The molecule has 224 valence electrons. The number of rotatable bonds is 6. The van der Waals surface area contributed by atoms with E-state index in [4.69, 9.17) is 9.97 Å². The Kier molecular flexibility index (Phi) is 8.10. The molecular formula is C37H28BrF3N4. The Balaban J connectivity index is 1.60. The molecule has 0 amide bonds. The summed E-state index contributed by atoms with van der Waals surface area (Å²) in [6, 6.07) is 29.2. The second-order valence-electron chi connectivity index (χ2n) is 11.5. The van der Waals surface area contributed by atoms with Crippen molar-refractivity contribution in [3.05, 3.63) is 142 Å². The Bertz CT molecular complexity index is 1930. The minimum absolute atomic E-state index is 0.0780. The number of aryl methyl sites for hydroxylation is 2. The van der Waals surface area contributed by atoms with E-state index in [-0.39, 0.29) is 11.1 Å². The first-order chi connectivity index (χ1) is 21.5. The molecule has 6 aromatic rings. The number of benzene rings is 2. The van der Waals surface area contributed by atoms with Crippen molar-refractivity contribution in [2.75, 3.05) is 0 Å². The van der Waals surface area contributed by atoms with E-state index < -0.39 is 23.3 Å². The lowest BCUT2D eigenvalue weighted by Gasteiger charge is -2.27. The maximum absolute atomic E-state index is 15.2. The van der Waals surface area contributed by atoms with E-state index in [1.165, 1.54) is 6.07 Å². The SMILES string of the molecule is Cc1ccccc1-c1cc(-c2ccc(F)nc2F)nc(C(C)(C)c2cc(-c3ccccc3C)cc(-c3ccc(Br)nc3F)n2)c1. The van der Waals surface area contributed by atoms with Crippen molar-refractivity contribution in [3.8, 4) is 44.8 Å². The molecule has 8 heteroatoms. The maximum Gasteiger partial charge on any atom is 0.224 e. The molecule has 6 rings (SSSR count). The van der Waals surface area contributed by atoms with E-state index in [1.807, 2.05) is 94.4 Å². The monoisotopic (exact) mass is 664 g/mol. The predicted octanol–water partition coefficient (Wildman–Crippen LogP) is 10.1.